The highest BCUT2D eigenvalue weighted by atomic mass is 79.9. The van der Waals surface area contributed by atoms with Crippen molar-refractivity contribution in [1.29, 1.82) is 0 Å². The van der Waals surface area contributed by atoms with Gasteiger partial charge < -0.3 is 10.2 Å². The summed E-state index contributed by atoms with van der Waals surface area (Å²) < 4.78 is 14.1. The molecule has 0 aliphatic carbocycles. The molecule has 1 aromatic rings. The molecule has 2 heterocycles. The van der Waals surface area contributed by atoms with Gasteiger partial charge >= 0.3 is 0 Å². The molecule has 2 unspecified atom stereocenters. The Bertz CT molecular complexity index is 519. The van der Waals surface area contributed by atoms with Crippen LogP contribution in [0, 0.1) is 5.82 Å². The second kappa shape index (κ2) is 6.05. The van der Waals surface area contributed by atoms with Crippen LogP contribution in [0.25, 0.3) is 0 Å². The van der Waals surface area contributed by atoms with Crippen molar-refractivity contribution in [3.63, 3.8) is 0 Å². The number of nitrogens with one attached hydrogen (secondary N) is 1. The van der Waals surface area contributed by atoms with Crippen LogP contribution in [0.3, 0.4) is 0 Å². The Morgan fingerprint density at radius 3 is 2.57 bits per heavy atom. The van der Waals surface area contributed by atoms with Crippen molar-refractivity contribution in [3.8, 4) is 0 Å². The van der Waals surface area contributed by atoms with Crippen LogP contribution >= 0.6 is 15.9 Å². The second-order valence-corrected chi connectivity index (χ2v) is 6.93. The van der Waals surface area contributed by atoms with Crippen LogP contribution in [0.1, 0.15) is 43.0 Å². The summed E-state index contributed by atoms with van der Waals surface area (Å²) in [6, 6.07) is 5.74. The Balaban J connectivity index is 1.80. The number of piperidine rings is 1. The monoisotopic (exact) mass is 354 g/mol. The minimum absolute atomic E-state index is 0.0657. The predicted octanol–water partition coefficient (Wildman–Crippen LogP) is 3.33. The van der Waals surface area contributed by atoms with Crippen molar-refractivity contribution in [3.05, 3.63) is 34.1 Å². The first kappa shape index (κ1) is 15.0. The topological polar surface area (TPSA) is 32.3 Å². The van der Waals surface area contributed by atoms with Crippen LogP contribution in [-0.2, 0) is 0 Å². The molecule has 0 saturated carbocycles. The summed E-state index contributed by atoms with van der Waals surface area (Å²) in [5.74, 6) is -0.446. The fraction of sp³-hybridized carbons (Fsp3) is 0.562. The zero-order valence-electron chi connectivity index (χ0n) is 12.1. The minimum Gasteiger partial charge on any atom is -0.336 e. The molecule has 21 heavy (non-hydrogen) atoms. The highest BCUT2D eigenvalue weighted by molar-refractivity contribution is 9.10. The van der Waals surface area contributed by atoms with Gasteiger partial charge in [0.05, 0.1) is 0 Å². The number of carbonyl (C=O) groups is 1. The van der Waals surface area contributed by atoms with Gasteiger partial charge in [-0.1, -0.05) is 15.9 Å². The maximum absolute atomic E-state index is 13.5. The summed E-state index contributed by atoms with van der Waals surface area (Å²) in [7, 11) is 0. The molecule has 0 radical (unpaired) electrons. The fourth-order valence-electron chi connectivity index (χ4n) is 3.69. The molecule has 0 aromatic heterocycles. The van der Waals surface area contributed by atoms with E-state index in [9.17, 15) is 9.18 Å². The third kappa shape index (κ3) is 3.14. The number of hydrogen-bond donors (Lipinski definition) is 1. The summed E-state index contributed by atoms with van der Waals surface area (Å²) in [6.07, 6.45) is 4.43. The third-order valence-electron chi connectivity index (χ3n) is 4.60. The van der Waals surface area contributed by atoms with Crippen LogP contribution < -0.4 is 5.32 Å². The summed E-state index contributed by atoms with van der Waals surface area (Å²) >= 11 is 3.26. The van der Waals surface area contributed by atoms with Crippen LogP contribution in [-0.4, -0.2) is 35.5 Å². The van der Waals surface area contributed by atoms with E-state index in [1.54, 1.807) is 6.07 Å². The molecule has 5 heteroatoms. The number of halogens is 2. The molecular weight excluding hydrogens is 335 g/mol. The van der Waals surface area contributed by atoms with Crippen molar-refractivity contribution in [1.82, 2.24) is 10.2 Å². The van der Waals surface area contributed by atoms with Crippen molar-refractivity contribution in [2.24, 2.45) is 0 Å². The normalized spacial score (nSPS) is 27.7. The van der Waals surface area contributed by atoms with Crippen LogP contribution in [0.4, 0.5) is 4.39 Å². The molecule has 1 amide bonds. The first-order valence-corrected chi connectivity index (χ1v) is 8.39. The van der Waals surface area contributed by atoms with Crippen LogP contribution in [0.2, 0.25) is 0 Å². The van der Waals surface area contributed by atoms with Gasteiger partial charge in [-0.15, -0.1) is 0 Å². The van der Waals surface area contributed by atoms with Gasteiger partial charge in [0.2, 0.25) is 0 Å². The van der Waals surface area contributed by atoms with Crippen molar-refractivity contribution >= 4 is 21.8 Å². The van der Waals surface area contributed by atoms with Gasteiger partial charge in [-0.2, -0.15) is 0 Å². The van der Waals surface area contributed by atoms with E-state index in [2.05, 4.69) is 21.2 Å². The average Bonchev–Trinajstić information content (AvgIpc) is 2.77. The number of nitrogens with zero attached hydrogens (tertiary/aromatic N) is 1. The first-order chi connectivity index (χ1) is 10.1. The first-order valence-electron chi connectivity index (χ1n) is 7.60. The molecule has 2 atom stereocenters. The van der Waals surface area contributed by atoms with Gasteiger partial charge in [0.15, 0.2) is 0 Å². The summed E-state index contributed by atoms with van der Waals surface area (Å²) in [5, 5.41) is 3.59. The van der Waals surface area contributed by atoms with E-state index in [0.717, 1.165) is 12.8 Å². The maximum atomic E-state index is 13.5. The maximum Gasteiger partial charge on any atom is 0.254 e. The largest absolute Gasteiger partial charge is 0.336 e. The molecule has 0 spiro atoms. The van der Waals surface area contributed by atoms with Crippen molar-refractivity contribution in [2.45, 2.75) is 50.7 Å². The summed E-state index contributed by atoms with van der Waals surface area (Å²) in [4.78, 5) is 14.6. The summed E-state index contributed by atoms with van der Waals surface area (Å²) in [5.41, 5.74) is 0.426. The predicted molar refractivity (Wildman–Crippen MR) is 83.8 cm³/mol. The van der Waals surface area contributed by atoms with E-state index in [-0.39, 0.29) is 17.8 Å². The van der Waals surface area contributed by atoms with E-state index in [1.807, 2.05) is 11.8 Å². The van der Waals surface area contributed by atoms with Crippen LogP contribution in [0.5, 0.6) is 0 Å². The number of hydrogen-bond acceptors (Lipinski definition) is 2. The Kier molecular flexibility index (Phi) is 4.31. The molecule has 2 aliphatic heterocycles. The van der Waals surface area contributed by atoms with E-state index in [4.69, 9.17) is 0 Å². The van der Waals surface area contributed by atoms with Gasteiger partial charge in [-0.3, -0.25) is 4.79 Å². The lowest BCUT2D eigenvalue weighted by Gasteiger charge is -2.37. The lowest BCUT2D eigenvalue weighted by Crippen LogP contribution is -2.50. The Morgan fingerprint density at radius 2 is 2.00 bits per heavy atom. The van der Waals surface area contributed by atoms with Gasteiger partial charge in [0.25, 0.3) is 5.91 Å². The molecule has 1 aromatic carbocycles. The Labute approximate surface area is 133 Å². The molecule has 2 aliphatic rings. The second-order valence-electron chi connectivity index (χ2n) is 6.01. The number of rotatable bonds is 3. The van der Waals surface area contributed by atoms with E-state index in [1.165, 1.54) is 25.0 Å². The number of carbonyl (C=O) groups excluding carboxylic acids is 1. The third-order valence-corrected chi connectivity index (χ3v) is 5.06. The zero-order valence-corrected chi connectivity index (χ0v) is 13.7. The molecule has 2 fully saturated rings. The lowest BCUT2D eigenvalue weighted by molar-refractivity contribution is 0.0630. The lowest BCUT2D eigenvalue weighted by atomic mass is 9.97. The van der Waals surface area contributed by atoms with Gasteiger partial charge in [-0.05, 0) is 50.8 Å². The molecule has 2 bridgehead atoms. The molecule has 114 valence electrons. The average molecular weight is 355 g/mol. The van der Waals surface area contributed by atoms with E-state index >= 15 is 0 Å². The Hall–Kier alpha value is -0.940. The number of fused-ring (bicyclic) bond motifs is 2. The molecule has 2 saturated heterocycles. The molecule has 3 nitrogen and oxygen atoms in total. The SMILES string of the molecule is CCN(C(=O)c1cc(F)cc(Br)c1)C1CC2CCC(C1)N2. The van der Waals surface area contributed by atoms with Crippen molar-refractivity contribution in [2.75, 3.05) is 6.54 Å². The standard InChI is InChI=1S/C16H20BrFN2O/c1-2-20(15-8-13-3-4-14(9-15)19-13)16(21)10-5-11(17)7-12(18)6-10/h5-7,13-15,19H,2-4,8-9H2,1H3. The smallest absolute Gasteiger partial charge is 0.254 e. The van der Waals surface area contributed by atoms with Gasteiger partial charge in [-0.25, -0.2) is 4.39 Å². The minimum atomic E-state index is -0.380. The summed E-state index contributed by atoms with van der Waals surface area (Å²) in [6.45, 7) is 2.66. The molecular formula is C16H20BrFN2O. The quantitative estimate of drug-likeness (QED) is 0.902. The van der Waals surface area contributed by atoms with Crippen molar-refractivity contribution < 1.29 is 9.18 Å². The van der Waals surface area contributed by atoms with E-state index < -0.39 is 0 Å². The van der Waals surface area contributed by atoms with E-state index in [0.29, 0.717) is 28.7 Å². The van der Waals surface area contributed by atoms with Gasteiger partial charge in [0, 0.05) is 34.7 Å². The van der Waals surface area contributed by atoms with Crippen LogP contribution in [0.15, 0.2) is 22.7 Å². The highest BCUT2D eigenvalue weighted by Crippen LogP contribution is 2.30. The molecule has 3 rings (SSSR count). The highest BCUT2D eigenvalue weighted by Gasteiger charge is 2.37. The van der Waals surface area contributed by atoms with Gasteiger partial charge in [0.1, 0.15) is 5.82 Å². The molecule has 1 N–H and O–H groups in total. The zero-order chi connectivity index (χ0) is 15.0. The number of benzene rings is 1. The number of amides is 1. The Morgan fingerprint density at radius 1 is 1.33 bits per heavy atom. The fourth-order valence-corrected chi connectivity index (χ4v) is 4.16.